The molecule has 2 aromatic rings. The van der Waals surface area contributed by atoms with Crippen LogP contribution in [0.5, 0.6) is 11.5 Å². The number of thiazole rings is 1. The molecule has 0 unspecified atom stereocenters. The number of carbonyl (C=O) groups excluding carboxylic acids is 1. The van der Waals surface area contributed by atoms with Crippen molar-refractivity contribution in [2.45, 2.75) is 13.3 Å². The molecule has 1 aromatic carbocycles. The van der Waals surface area contributed by atoms with Crippen LogP contribution in [0.1, 0.15) is 27.9 Å². The third-order valence-electron chi connectivity index (χ3n) is 3.14. The van der Waals surface area contributed by atoms with Crippen molar-refractivity contribution in [1.29, 1.82) is 0 Å². The lowest BCUT2D eigenvalue weighted by Crippen LogP contribution is -2.17. The smallest absolute Gasteiger partial charge is 0.283 e. The van der Waals surface area contributed by atoms with Gasteiger partial charge in [-0.3, -0.25) is 4.79 Å². The number of hydrazone groups is 1. The highest BCUT2D eigenvalue weighted by Gasteiger charge is 2.16. The van der Waals surface area contributed by atoms with Gasteiger partial charge in [-0.05, 0) is 18.6 Å². The third-order valence-corrected chi connectivity index (χ3v) is 4.46. The van der Waals surface area contributed by atoms with Gasteiger partial charge >= 0.3 is 0 Å². The average Bonchev–Trinajstić information content (AvgIpc) is 2.96. The Kier molecular flexibility index (Phi) is 5.99. The SMILES string of the molecule is CCc1nc(N)sc1C(=O)N/N=C\c1ccc(OC)c(OC)c1Cl. The maximum absolute atomic E-state index is 12.1. The number of hydrogen-bond donors (Lipinski definition) is 2. The molecule has 0 aliphatic carbocycles. The van der Waals surface area contributed by atoms with Gasteiger partial charge in [0.1, 0.15) is 4.88 Å². The van der Waals surface area contributed by atoms with Crippen molar-refractivity contribution in [2.24, 2.45) is 5.10 Å². The van der Waals surface area contributed by atoms with Crippen molar-refractivity contribution < 1.29 is 14.3 Å². The molecule has 0 saturated carbocycles. The largest absolute Gasteiger partial charge is 0.493 e. The summed E-state index contributed by atoms with van der Waals surface area (Å²) in [5.74, 6) is 0.545. The second-order valence-corrected chi connectivity index (χ2v) is 5.99. The van der Waals surface area contributed by atoms with Crippen LogP contribution in [-0.4, -0.2) is 31.3 Å². The number of amides is 1. The summed E-state index contributed by atoms with van der Waals surface area (Å²) in [4.78, 5) is 16.7. The molecule has 0 spiro atoms. The second-order valence-electron chi connectivity index (χ2n) is 4.58. The fourth-order valence-electron chi connectivity index (χ4n) is 2.00. The predicted molar refractivity (Wildman–Crippen MR) is 95.5 cm³/mol. The summed E-state index contributed by atoms with van der Waals surface area (Å²) >= 11 is 7.37. The number of nitrogens with zero attached hydrogens (tertiary/aromatic N) is 2. The van der Waals surface area contributed by atoms with E-state index in [1.807, 2.05) is 6.92 Å². The van der Waals surface area contributed by atoms with Gasteiger partial charge in [-0.25, -0.2) is 10.4 Å². The van der Waals surface area contributed by atoms with Gasteiger partial charge in [-0.15, -0.1) is 0 Å². The van der Waals surface area contributed by atoms with Gasteiger partial charge < -0.3 is 15.2 Å². The number of aryl methyl sites for hydroxylation is 1. The zero-order chi connectivity index (χ0) is 17.7. The number of nitrogens with one attached hydrogen (secondary N) is 1. The van der Waals surface area contributed by atoms with E-state index in [0.717, 1.165) is 11.3 Å². The van der Waals surface area contributed by atoms with Crippen LogP contribution in [-0.2, 0) is 6.42 Å². The topological polar surface area (TPSA) is 98.8 Å². The molecular weight excluding hydrogens is 352 g/mol. The van der Waals surface area contributed by atoms with Crippen LogP contribution in [0.2, 0.25) is 5.02 Å². The number of carbonyl (C=O) groups is 1. The number of nitrogen functional groups attached to an aromatic ring is 1. The monoisotopic (exact) mass is 368 g/mol. The van der Waals surface area contributed by atoms with Crippen molar-refractivity contribution in [1.82, 2.24) is 10.4 Å². The molecule has 7 nitrogen and oxygen atoms in total. The van der Waals surface area contributed by atoms with E-state index in [2.05, 4.69) is 15.5 Å². The maximum atomic E-state index is 12.1. The van der Waals surface area contributed by atoms with Gasteiger partial charge in [0.25, 0.3) is 5.91 Å². The lowest BCUT2D eigenvalue weighted by Gasteiger charge is -2.10. The quantitative estimate of drug-likeness (QED) is 0.603. The Hall–Kier alpha value is -2.32. The van der Waals surface area contributed by atoms with Gasteiger partial charge in [0.05, 0.1) is 31.2 Å². The van der Waals surface area contributed by atoms with Crippen LogP contribution < -0.4 is 20.6 Å². The molecule has 0 aliphatic rings. The summed E-state index contributed by atoms with van der Waals surface area (Å²) < 4.78 is 10.4. The van der Waals surface area contributed by atoms with Crippen molar-refractivity contribution in [3.63, 3.8) is 0 Å². The van der Waals surface area contributed by atoms with Gasteiger partial charge in [0.15, 0.2) is 16.6 Å². The van der Waals surface area contributed by atoms with Crippen LogP contribution in [0.25, 0.3) is 0 Å². The number of anilines is 1. The molecule has 2 rings (SSSR count). The molecule has 0 fully saturated rings. The number of halogens is 1. The van der Waals surface area contributed by atoms with Gasteiger partial charge in [0.2, 0.25) is 0 Å². The molecule has 1 aromatic heterocycles. The number of hydrogen-bond acceptors (Lipinski definition) is 7. The molecule has 9 heteroatoms. The lowest BCUT2D eigenvalue weighted by atomic mass is 10.2. The number of aromatic nitrogens is 1. The zero-order valence-corrected chi connectivity index (χ0v) is 15.0. The molecule has 0 aliphatic heterocycles. The molecule has 128 valence electrons. The minimum atomic E-state index is -0.367. The fourth-order valence-corrected chi connectivity index (χ4v) is 3.10. The highest BCUT2D eigenvalue weighted by Crippen LogP contribution is 2.36. The molecular formula is C15H17ClN4O3S. The van der Waals surface area contributed by atoms with Crippen LogP contribution >= 0.6 is 22.9 Å². The van der Waals surface area contributed by atoms with E-state index in [9.17, 15) is 4.79 Å². The maximum Gasteiger partial charge on any atom is 0.283 e. The normalized spacial score (nSPS) is 10.8. The Morgan fingerprint density at radius 2 is 2.21 bits per heavy atom. The van der Waals surface area contributed by atoms with Crippen molar-refractivity contribution in [2.75, 3.05) is 20.0 Å². The van der Waals surface area contributed by atoms with E-state index in [1.165, 1.54) is 20.4 Å². The fraction of sp³-hybridized carbons (Fsp3) is 0.267. The highest BCUT2D eigenvalue weighted by atomic mass is 35.5. The minimum absolute atomic E-state index is 0.339. The minimum Gasteiger partial charge on any atom is -0.493 e. The van der Waals surface area contributed by atoms with Gasteiger partial charge in [-0.2, -0.15) is 5.10 Å². The first-order chi connectivity index (χ1) is 11.5. The van der Waals surface area contributed by atoms with Gasteiger partial charge in [0, 0.05) is 5.56 Å². The molecule has 0 atom stereocenters. The summed E-state index contributed by atoms with van der Waals surface area (Å²) in [5.41, 5.74) is 9.31. The molecule has 0 saturated heterocycles. The Morgan fingerprint density at radius 3 is 2.83 bits per heavy atom. The van der Waals surface area contributed by atoms with Crippen molar-refractivity contribution >= 4 is 40.2 Å². The molecule has 0 radical (unpaired) electrons. The molecule has 1 amide bonds. The first-order valence-electron chi connectivity index (χ1n) is 7.00. The van der Waals surface area contributed by atoms with Crippen LogP contribution in [0.15, 0.2) is 17.2 Å². The second kappa shape index (κ2) is 7.98. The van der Waals surface area contributed by atoms with E-state index in [1.54, 1.807) is 12.1 Å². The van der Waals surface area contributed by atoms with Crippen LogP contribution in [0, 0.1) is 0 Å². The average molecular weight is 369 g/mol. The van der Waals surface area contributed by atoms with E-state index in [0.29, 0.717) is 44.2 Å². The standard InChI is InChI=1S/C15H17ClN4O3S/c1-4-9-13(24-15(17)19-9)14(21)20-18-7-8-5-6-10(22-2)12(23-3)11(8)16/h5-7H,4H2,1-3H3,(H2,17,19)(H,20,21)/b18-7-. The molecule has 1 heterocycles. The van der Waals surface area contributed by atoms with Crippen molar-refractivity contribution in [3.8, 4) is 11.5 Å². The summed E-state index contributed by atoms with van der Waals surface area (Å²) in [6.45, 7) is 1.90. The van der Waals surface area contributed by atoms with E-state index in [-0.39, 0.29) is 5.91 Å². The molecule has 24 heavy (non-hydrogen) atoms. The summed E-state index contributed by atoms with van der Waals surface area (Å²) in [5, 5.41) is 4.62. The molecule has 3 N–H and O–H groups in total. The zero-order valence-electron chi connectivity index (χ0n) is 13.4. The first-order valence-corrected chi connectivity index (χ1v) is 8.20. The summed E-state index contributed by atoms with van der Waals surface area (Å²) in [6, 6.07) is 3.41. The Labute approximate surface area is 148 Å². The lowest BCUT2D eigenvalue weighted by molar-refractivity contribution is 0.0958. The van der Waals surface area contributed by atoms with E-state index < -0.39 is 0 Å². The van der Waals surface area contributed by atoms with Gasteiger partial charge in [-0.1, -0.05) is 29.9 Å². The number of ether oxygens (including phenoxy) is 2. The van der Waals surface area contributed by atoms with E-state index in [4.69, 9.17) is 26.8 Å². The molecule has 0 bridgehead atoms. The first kappa shape index (κ1) is 18.0. The summed E-state index contributed by atoms with van der Waals surface area (Å²) in [7, 11) is 3.02. The number of rotatable bonds is 6. The van der Waals surface area contributed by atoms with E-state index >= 15 is 0 Å². The number of benzene rings is 1. The highest BCUT2D eigenvalue weighted by molar-refractivity contribution is 7.17. The van der Waals surface area contributed by atoms with Crippen LogP contribution in [0.4, 0.5) is 5.13 Å². The van der Waals surface area contributed by atoms with Crippen LogP contribution in [0.3, 0.4) is 0 Å². The third kappa shape index (κ3) is 3.77. The Bertz CT molecular complexity index is 776. The number of methoxy groups -OCH3 is 2. The predicted octanol–water partition coefficient (Wildman–Crippen LogP) is 2.72. The Balaban J connectivity index is 2.15. The summed E-state index contributed by atoms with van der Waals surface area (Å²) in [6.07, 6.45) is 2.04. The Morgan fingerprint density at radius 1 is 1.46 bits per heavy atom. The van der Waals surface area contributed by atoms with Crippen molar-refractivity contribution in [3.05, 3.63) is 33.3 Å². The number of nitrogens with two attached hydrogens (primary N) is 1.